The summed E-state index contributed by atoms with van der Waals surface area (Å²) in [5.41, 5.74) is -1.14. The Bertz CT molecular complexity index is 4530. The molecule has 0 amide bonds. The quantitative estimate of drug-likeness (QED) is 0.0384. The Hall–Kier alpha value is -13.6. The lowest BCUT2D eigenvalue weighted by atomic mass is 9.67. The van der Waals surface area contributed by atoms with E-state index in [1.54, 1.807) is 12.1 Å². The molecular formula is C72H52O32. The molecule has 32 nitrogen and oxygen atoms in total. The number of esters is 19. The summed E-state index contributed by atoms with van der Waals surface area (Å²) in [4.78, 5) is 229. The van der Waals surface area contributed by atoms with Crippen molar-refractivity contribution in [3.63, 3.8) is 0 Å². The van der Waals surface area contributed by atoms with Gasteiger partial charge in [0.05, 0.1) is 90.9 Å². The lowest BCUT2D eigenvalue weighted by molar-refractivity contribution is -0.155. The predicted octanol–water partition coefficient (Wildman–Crippen LogP) is 5.40. The van der Waals surface area contributed by atoms with Crippen LogP contribution in [0, 0.1) is 17.3 Å². The highest BCUT2D eigenvalue weighted by molar-refractivity contribution is 6.18. The zero-order chi connectivity index (χ0) is 75.3. The van der Waals surface area contributed by atoms with Gasteiger partial charge in [-0.1, -0.05) is 44.0 Å². The van der Waals surface area contributed by atoms with Gasteiger partial charge >= 0.3 is 113 Å². The maximum Gasteiger partial charge on any atom is 0.346 e. The third-order valence-corrected chi connectivity index (χ3v) is 16.5. The molecule has 5 aromatic carbocycles. The van der Waals surface area contributed by atoms with Crippen LogP contribution in [0.25, 0.3) is 0 Å². The monoisotopic (exact) mass is 1430 g/mol. The van der Waals surface area contributed by atoms with Gasteiger partial charge < -0.3 is 61.6 Å². The van der Waals surface area contributed by atoms with Crippen molar-refractivity contribution in [2.75, 3.05) is 39.6 Å². The number of benzene rings is 5. The van der Waals surface area contributed by atoms with Crippen molar-refractivity contribution in [2.45, 2.75) is 51.6 Å². The molecule has 32 heteroatoms. The molecule has 4 atom stereocenters. The van der Waals surface area contributed by atoms with Crippen LogP contribution in [0.5, 0.6) is 0 Å². The van der Waals surface area contributed by atoms with E-state index in [0.29, 0.717) is 12.0 Å². The summed E-state index contributed by atoms with van der Waals surface area (Å²) in [5.74, 6) is -17.8. The molecule has 2 fully saturated rings. The molecule has 12 rings (SSSR count). The minimum Gasteiger partial charge on any atom is -0.461 e. The van der Waals surface area contributed by atoms with Crippen LogP contribution < -0.4 is 0 Å². The summed E-state index contributed by atoms with van der Waals surface area (Å²) in [5, 5.41) is 0. The Kier molecular flexibility index (Phi) is 21.2. The smallest absolute Gasteiger partial charge is 0.346 e. The van der Waals surface area contributed by atoms with Crippen LogP contribution in [0.1, 0.15) is 181 Å². The molecule has 0 radical (unpaired) electrons. The zero-order valence-corrected chi connectivity index (χ0v) is 54.5. The molecule has 0 saturated carbocycles. The van der Waals surface area contributed by atoms with Crippen LogP contribution in [0.15, 0.2) is 134 Å². The number of carbonyl (C=O) groups is 19. The molecule has 5 aromatic rings. The van der Waals surface area contributed by atoms with Crippen LogP contribution in [0.3, 0.4) is 0 Å². The standard InChI is InChI=1S/C31H24O14.C25H16O12.C16H12O6/c1-15(2)23(32)40-11-31(12-41-24(33)16(3)4,13-42-25(34)17-5-7-19-21(9-17)29(38)44-27(19)36)14-43-26(35)18-6-8-20-22(10-18)30(39)45-28(20)37;1-11(2)19(26)35-14(9-33-20(27)12-3-5-15-17(7-12)24(31)36-22(15)29)10-34-21(28)13-4-6-16-18(8-13)25(32)37-23(16)30;17-12-6-10(14(18)21-12)9-5-11-13(16(20)22-15(11)19)8-4-2-1-3-7(8)9/h5-10H,1,3,11-14H2,2,4H3;3-8,14H,1,9-10H2,2H3;1-4,9-11,13H,5-6H2. The fraction of sp³-hybridized carbons (Fsp3) is 0.236. The van der Waals surface area contributed by atoms with E-state index in [1.165, 1.54) is 69.3 Å². The van der Waals surface area contributed by atoms with Crippen molar-refractivity contribution >= 4 is 113 Å². The largest absolute Gasteiger partial charge is 0.461 e. The van der Waals surface area contributed by atoms with Crippen molar-refractivity contribution in [2.24, 2.45) is 17.3 Å². The van der Waals surface area contributed by atoms with Crippen LogP contribution in [-0.4, -0.2) is 159 Å². The van der Waals surface area contributed by atoms with Gasteiger partial charge in [-0.15, -0.1) is 0 Å². The molecule has 4 unspecified atom stereocenters. The Morgan fingerprint density at radius 2 is 0.721 bits per heavy atom. The Morgan fingerprint density at radius 1 is 0.385 bits per heavy atom. The van der Waals surface area contributed by atoms with Gasteiger partial charge in [-0.05, 0) is 117 Å². The molecule has 1 aliphatic carbocycles. The van der Waals surface area contributed by atoms with Gasteiger partial charge in [-0.25, -0.2) is 71.9 Å². The van der Waals surface area contributed by atoms with E-state index in [-0.39, 0.29) is 95.8 Å². The minimum absolute atomic E-state index is 0.00547. The molecule has 0 spiro atoms. The average molecular weight is 1430 g/mol. The van der Waals surface area contributed by atoms with Gasteiger partial charge in [0, 0.05) is 16.7 Å². The number of hydrogen-bond donors (Lipinski definition) is 0. The highest BCUT2D eigenvalue weighted by Crippen LogP contribution is 2.51. The first-order valence-corrected chi connectivity index (χ1v) is 30.7. The fourth-order valence-electron chi connectivity index (χ4n) is 11.1. The molecule has 104 heavy (non-hydrogen) atoms. The van der Waals surface area contributed by atoms with E-state index >= 15 is 0 Å². The van der Waals surface area contributed by atoms with Crippen molar-refractivity contribution in [1.29, 1.82) is 0 Å². The lowest BCUT2D eigenvalue weighted by Crippen LogP contribution is -2.44. The predicted molar refractivity (Wildman–Crippen MR) is 335 cm³/mol. The number of ether oxygens (including phenoxy) is 13. The summed E-state index contributed by atoms with van der Waals surface area (Å²) in [6.07, 6.45) is -0.920. The molecular weight excluding hydrogens is 1380 g/mol. The first-order valence-electron chi connectivity index (χ1n) is 30.7. The average Bonchev–Trinajstić information content (AvgIpc) is 1.55. The molecule has 0 N–H and O–H groups in total. The van der Waals surface area contributed by atoms with Gasteiger partial charge in [0.1, 0.15) is 45.1 Å². The van der Waals surface area contributed by atoms with Crippen LogP contribution in [0.2, 0.25) is 0 Å². The molecule has 7 aliphatic rings. The van der Waals surface area contributed by atoms with Crippen molar-refractivity contribution in [3.05, 3.63) is 211 Å². The van der Waals surface area contributed by atoms with Gasteiger partial charge in [0.15, 0.2) is 6.10 Å². The minimum atomic E-state index is -1.71. The molecule has 6 heterocycles. The second-order valence-electron chi connectivity index (χ2n) is 24.0. The Balaban J connectivity index is 0.000000176. The van der Waals surface area contributed by atoms with Crippen molar-refractivity contribution < 1.29 is 153 Å². The molecule has 6 aliphatic heterocycles. The number of fused-ring (bicyclic) bond motifs is 7. The van der Waals surface area contributed by atoms with Crippen molar-refractivity contribution in [3.8, 4) is 0 Å². The van der Waals surface area contributed by atoms with E-state index in [1.807, 2.05) is 12.1 Å². The molecule has 2 saturated heterocycles. The van der Waals surface area contributed by atoms with Crippen LogP contribution in [0.4, 0.5) is 0 Å². The summed E-state index contributed by atoms with van der Waals surface area (Å²) >= 11 is 0. The lowest BCUT2D eigenvalue weighted by Gasteiger charge is -2.32. The second kappa shape index (κ2) is 30.1. The highest BCUT2D eigenvalue weighted by Gasteiger charge is 2.54. The van der Waals surface area contributed by atoms with E-state index < -0.39 is 182 Å². The highest BCUT2D eigenvalue weighted by atomic mass is 16.6. The third-order valence-electron chi connectivity index (χ3n) is 16.5. The maximum absolute atomic E-state index is 13.0. The number of rotatable bonds is 21. The van der Waals surface area contributed by atoms with E-state index in [9.17, 15) is 91.1 Å². The van der Waals surface area contributed by atoms with Crippen LogP contribution >= 0.6 is 0 Å². The van der Waals surface area contributed by atoms with Crippen molar-refractivity contribution in [1.82, 2.24) is 0 Å². The zero-order valence-electron chi connectivity index (χ0n) is 54.5. The summed E-state index contributed by atoms with van der Waals surface area (Å²) in [6.45, 7) is 10.9. The molecule has 0 bridgehead atoms. The van der Waals surface area contributed by atoms with E-state index in [2.05, 4.69) is 43.4 Å². The summed E-state index contributed by atoms with van der Waals surface area (Å²) in [7, 11) is 0. The van der Waals surface area contributed by atoms with Crippen LogP contribution in [-0.2, 0) is 95.1 Å². The van der Waals surface area contributed by atoms with Gasteiger partial charge in [0.2, 0.25) is 0 Å². The summed E-state index contributed by atoms with van der Waals surface area (Å²) in [6, 6.07) is 21.5. The molecule has 532 valence electrons. The first-order chi connectivity index (χ1) is 49.3. The topological polar surface area (TPSA) is 444 Å². The van der Waals surface area contributed by atoms with Gasteiger partial charge in [0.25, 0.3) is 0 Å². The number of carbonyl (C=O) groups excluding carboxylic acids is 19. The Labute approximate surface area is 583 Å². The first kappa shape index (κ1) is 73.2. The normalized spacial score (nSPS) is 17.5. The van der Waals surface area contributed by atoms with E-state index in [0.717, 1.165) is 29.8 Å². The van der Waals surface area contributed by atoms with E-state index in [4.69, 9.17) is 37.9 Å². The molecule has 0 aromatic heterocycles. The maximum atomic E-state index is 13.0. The number of cyclic esters (lactones) is 12. The van der Waals surface area contributed by atoms with Gasteiger partial charge in [-0.3, -0.25) is 19.2 Å². The second-order valence-corrected chi connectivity index (χ2v) is 24.0. The Morgan fingerprint density at radius 3 is 1.08 bits per heavy atom. The summed E-state index contributed by atoms with van der Waals surface area (Å²) < 4.78 is 64.3. The number of hydrogen-bond acceptors (Lipinski definition) is 32. The SMILES string of the molecule is C=C(C)C(=O)OC(COC(=O)c1ccc2c(c1)C(=O)OC2=O)COC(=O)c1ccc2c(c1)C(=O)OC2=O.C=C(C)C(=O)OCC(COC(=O)C(=C)C)(COC(=O)c1ccc2c(c1)C(=O)OC2=O)COC(=O)c1ccc2c(c1)C(=O)OC2=O.O=C1CC(C2CC3C(=O)OC(=O)C3c3ccccc32)C(=O)O1. The third kappa shape index (κ3) is 15.7. The van der Waals surface area contributed by atoms with Gasteiger partial charge in [-0.2, -0.15) is 0 Å². The fourth-order valence-corrected chi connectivity index (χ4v) is 11.1.